The van der Waals surface area contributed by atoms with E-state index in [-0.39, 0.29) is 23.3 Å². The number of carbonyl (C=O) groups excluding carboxylic acids is 2. The number of thiocarbonyl (C=S) groups is 1. The molecule has 0 bridgehead atoms. The van der Waals surface area contributed by atoms with Gasteiger partial charge in [0, 0.05) is 34.1 Å². The van der Waals surface area contributed by atoms with Crippen molar-refractivity contribution in [3.63, 3.8) is 0 Å². The van der Waals surface area contributed by atoms with Gasteiger partial charge in [0.2, 0.25) is 5.91 Å². The molecule has 5 rings (SSSR count). The van der Waals surface area contributed by atoms with Gasteiger partial charge in [0.15, 0.2) is 5.11 Å². The summed E-state index contributed by atoms with van der Waals surface area (Å²) in [4.78, 5) is 33.8. The Kier molecular flexibility index (Phi) is 7.66. The third-order valence-corrected chi connectivity index (χ3v) is 9.48. The summed E-state index contributed by atoms with van der Waals surface area (Å²) in [5, 5.41) is 6.71. The highest BCUT2D eigenvalue weighted by molar-refractivity contribution is 7.80. The number of carbonyl (C=O) groups is 2. The fourth-order valence-corrected chi connectivity index (χ4v) is 7.37. The summed E-state index contributed by atoms with van der Waals surface area (Å²) in [7, 11) is 0. The molecular formula is C28H25N3O2S4. The van der Waals surface area contributed by atoms with E-state index in [0.717, 1.165) is 21.3 Å². The van der Waals surface area contributed by atoms with Gasteiger partial charge in [0.05, 0.1) is 6.42 Å². The first-order chi connectivity index (χ1) is 18.0. The van der Waals surface area contributed by atoms with E-state index in [4.69, 9.17) is 12.2 Å². The Bertz CT molecular complexity index is 1440. The molecule has 0 unspecified atom stereocenters. The Labute approximate surface area is 233 Å². The predicted molar refractivity (Wildman–Crippen MR) is 160 cm³/mol. The van der Waals surface area contributed by atoms with Crippen LogP contribution in [0.15, 0.2) is 77.0 Å². The fraction of sp³-hybridized carbons (Fsp3) is 0.179. The number of likely N-dealkylation sites (N-methyl/N-ethyl adjacent to an activating group) is 1. The highest BCUT2D eigenvalue weighted by Crippen LogP contribution is 2.44. The molecule has 1 saturated heterocycles. The van der Waals surface area contributed by atoms with Crippen molar-refractivity contribution >= 4 is 84.9 Å². The van der Waals surface area contributed by atoms with Gasteiger partial charge in [-0.05, 0) is 90.9 Å². The maximum Gasteiger partial charge on any atom is 0.256 e. The average Bonchev–Trinajstić information content (AvgIpc) is 3.68. The number of anilines is 3. The summed E-state index contributed by atoms with van der Waals surface area (Å²) in [6.07, 6.45) is 1.84. The Morgan fingerprint density at radius 1 is 0.865 bits per heavy atom. The molecule has 5 nitrogen and oxygen atoms in total. The zero-order valence-electron chi connectivity index (χ0n) is 20.4. The highest BCUT2D eigenvalue weighted by atomic mass is 32.1. The van der Waals surface area contributed by atoms with Gasteiger partial charge in [-0.2, -0.15) is 0 Å². The number of benzene rings is 1. The van der Waals surface area contributed by atoms with Crippen LogP contribution in [0.5, 0.6) is 0 Å². The van der Waals surface area contributed by atoms with Crippen LogP contribution in [-0.2, 0) is 9.59 Å². The summed E-state index contributed by atoms with van der Waals surface area (Å²) in [6, 6.07) is 20.8. The van der Waals surface area contributed by atoms with E-state index in [0.29, 0.717) is 18.7 Å². The van der Waals surface area contributed by atoms with Crippen LogP contribution in [0.2, 0.25) is 0 Å². The SMILES string of the molecule is CCN1C(=O)CC(=Cc2ccc(N(c3cccs3)c3ccc(-c4cccs4)s3)cc2)C(=O)N(CC)C1=S. The predicted octanol–water partition coefficient (Wildman–Crippen LogP) is 7.78. The molecular weight excluding hydrogens is 539 g/mol. The van der Waals surface area contributed by atoms with Crippen LogP contribution in [0.25, 0.3) is 15.8 Å². The molecule has 0 spiro atoms. The van der Waals surface area contributed by atoms with Crippen molar-refractivity contribution < 1.29 is 9.59 Å². The van der Waals surface area contributed by atoms with Crippen LogP contribution < -0.4 is 4.90 Å². The van der Waals surface area contributed by atoms with Crippen molar-refractivity contribution in [2.24, 2.45) is 0 Å². The van der Waals surface area contributed by atoms with E-state index >= 15 is 0 Å². The molecule has 0 radical (unpaired) electrons. The lowest BCUT2D eigenvalue weighted by molar-refractivity contribution is -0.126. The maximum absolute atomic E-state index is 13.2. The highest BCUT2D eigenvalue weighted by Gasteiger charge is 2.32. The van der Waals surface area contributed by atoms with Crippen LogP contribution in [-0.4, -0.2) is 39.8 Å². The van der Waals surface area contributed by atoms with Gasteiger partial charge >= 0.3 is 0 Å². The van der Waals surface area contributed by atoms with Crippen LogP contribution in [0, 0.1) is 0 Å². The van der Waals surface area contributed by atoms with E-state index in [1.54, 1.807) is 34.0 Å². The zero-order valence-corrected chi connectivity index (χ0v) is 23.7. The zero-order chi connectivity index (χ0) is 25.9. The molecule has 1 aliphatic heterocycles. The number of hydrogen-bond acceptors (Lipinski definition) is 7. The van der Waals surface area contributed by atoms with Crippen LogP contribution >= 0.6 is 46.2 Å². The molecule has 4 aromatic rings. The van der Waals surface area contributed by atoms with Gasteiger partial charge in [0.1, 0.15) is 10.0 Å². The first-order valence-electron chi connectivity index (χ1n) is 11.9. The van der Waals surface area contributed by atoms with Crippen molar-refractivity contribution in [2.75, 3.05) is 18.0 Å². The van der Waals surface area contributed by atoms with E-state index in [1.807, 2.05) is 32.1 Å². The second-order valence-corrected chi connectivity index (χ2v) is 11.6. The molecule has 1 aliphatic rings. The minimum Gasteiger partial charge on any atom is -0.293 e. The Balaban J connectivity index is 1.46. The molecule has 0 N–H and O–H groups in total. The molecule has 9 heteroatoms. The van der Waals surface area contributed by atoms with Crippen molar-refractivity contribution in [2.45, 2.75) is 20.3 Å². The maximum atomic E-state index is 13.2. The number of amides is 2. The summed E-state index contributed by atoms with van der Waals surface area (Å²) >= 11 is 10.6. The monoisotopic (exact) mass is 563 g/mol. The summed E-state index contributed by atoms with van der Waals surface area (Å²) in [6.45, 7) is 4.60. The largest absolute Gasteiger partial charge is 0.293 e. The Morgan fingerprint density at radius 3 is 2.24 bits per heavy atom. The van der Waals surface area contributed by atoms with Gasteiger partial charge in [-0.3, -0.25) is 24.3 Å². The number of thiophene rings is 3. The minimum atomic E-state index is -0.208. The number of hydrogen-bond donors (Lipinski definition) is 0. The summed E-state index contributed by atoms with van der Waals surface area (Å²) in [5.41, 5.74) is 2.34. The molecule has 4 heterocycles. The Morgan fingerprint density at radius 2 is 1.59 bits per heavy atom. The topological polar surface area (TPSA) is 43.9 Å². The van der Waals surface area contributed by atoms with Gasteiger partial charge in [0.25, 0.3) is 5.91 Å². The molecule has 1 aromatic carbocycles. The third-order valence-electron chi connectivity index (χ3n) is 6.05. The molecule has 3 aromatic heterocycles. The van der Waals surface area contributed by atoms with Gasteiger partial charge in [-0.1, -0.05) is 18.2 Å². The number of rotatable bonds is 7. The van der Waals surface area contributed by atoms with E-state index in [2.05, 4.69) is 64.2 Å². The lowest BCUT2D eigenvalue weighted by Gasteiger charge is -2.26. The normalized spacial score (nSPS) is 15.5. The first kappa shape index (κ1) is 25.5. The van der Waals surface area contributed by atoms with Crippen LogP contribution in [0.4, 0.5) is 15.7 Å². The number of nitrogens with zero attached hydrogens (tertiary/aromatic N) is 3. The quantitative estimate of drug-likeness (QED) is 0.170. The van der Waals surface area contributed by atoms with Gasteiger partial charge < -0.3 is 0 Å². The van der Waals surface area contributed by atoms with Crippen LogP contribution in [0.1, 0.15) is 25.8 Å². The van der Waals surface area contributed by atoms with Crippen molar-refractivity contribution in [3.05, 3.63) is 82.6 Å². The second kappa shape index (κ2) is 11.1. The Hall–Kier alpha value is -3.11. The molecule has 37 heavy (non-hydrogen) atoms. The first-order valence-corrected chi connectivity index (χ1v) is 14.9. The van der Waals surface area contributed by atoms with Crippen molar-refractivity contribution in [1.29, 1.82) is 0 Å². The third kappa shape index (κ3) is 5.17. The van der Waals surface area contributed by atoms with Crippen LogP contribution in [0.3, 0.4) is 0 Å². The summed E-state index contributed by atoms with van der Waals surface area (Å²) < 4.78 is 0. The van der Waals surface area contributed by atoms with Gasteiger partial charge in [-0.25, -0.2) is 0 Å². The van der Waals surface area contributed by atoms with E-state index in [1.165, 1.54) is 19.6 Å². The molecule has 0 atom stereocenters. The molecule has 0 saturated carbocycles. The second-order valence-electron chi connectivity index (χ2n) is 8.31. The van der Waals surface area contributed by atoms with Crippen molar-refractivity contribution in [1.82, 2.24) is 9.80 Å². The average molecular weight is 564 g/mol. The van der Waals surface area contributed by atoms with Crippen molar-refractivity contribution in [3.8, 4) is 9.75 Å². The summed E-state index contributed by atoms with van der Waals surface area (Å²) in [5.74, 6) is -0.358. The molecule has 1 fully saturated rings. The van der Waals surface area contributed by atoms with E-state index < -0.39 is 0 Å². The molecule has 0 aliphatic carbocycles. The lowest BCUT2D eigenvalue weighted by atomic mass is 10.1. The molecule has 2 amide bonds. The molecule has 188 valence electrons. The fourth-order valence-electron chi connectivity index (χ4n) is 4.23. The van der Waals surface area contributed by atoms with Gasteiger partial charge in [-0.15, -0.1) is 34.0 Å². The van der Waals surface area contributed by atoms with E-state index in [9.17, 15) is 9.59 Å². The lowest BCUT2D eigenvalue weighted by Crippen LogP contribution is -2.45. The smallest absolute Gasteiger partial charge is 0.256 e. The standard InChI is InChI=1S/C28H25N3O2S4/c1-3-29-24(32)18-20(27(33)30(4-2)28(29)34)17-19-9-11-21(12-10-19)31(25-8-6-16-36-25)26-14-13-23(37-26)22-7-5-15-35-22/h5-17H,3-4,18H2,1-2H3. The minimum absolute atomic E-state index is 0.0348.